The van der Waals surface area contributed by atoms with Crippen LogP contribution in [0.2, 0.25) is 0 Å². The Labute approximate surface area is 112 Å². The van der Waals surface area contributed by atoms with Gasteiger partial charge in [0.2, 0.25) is 5.91 Å². The van der Waals surface area contributed by atoms with Crippen molar-refractivity contribution in [3.63, 3.8) is 0 Å². The normalized spacial score (nSPS) is 31.1. The third-order valence-corrected chi connectivity index (χ3v) is 3.76. The van der Waals surface area contributed by atoms with Gasteiger partial charge in [0.15, 0.2) is 0 Å². The lowest BCUT2D eigenvalue weighted by Crippen LogP contribution is -2.55. The Balaban J connectivity index is 1.68. The second kappa shape index (κ2) is 4.94. The van der Waals surface area contributed by atoms with E-state index in [4.69, 9.17) is 4.74 Å². The van der Waals surface area contributed by atoms with E-state index in [1.807, 2.05) is 18.7 Å². The molecule has 2 N–H and O–H groups in total. The highest BCUT2D eigenvalue weighted by molar-refractivity contribution is 5.82. The van der Waals surface area contributed by atoms with Gasteiger partial charge in [-0.25, -0.2) is 4.98 Å². The number of carbonyl (C=O) groups excluding carboxylic acids is 1. The van der Waals surface area contributed by atoms with Gasteiger partial charge in [0.1, 0.15) is 0 Å². The number of amides is 1. The molecule has 6 nitrogen and oxygen atoms in total. The molecule has 1 fully saturated rings. The lowest BCUT2D eigenvalue weighted by molar-refractivity contribution is -0.145. The number of carbonyl (C=O) groups is 1. The summed E-state index contributed by atoms with van der Waals surface area (Å²) in [7, 11) is 0. The van der Waals surface area contributed by atoms with Gasteiger partial charge in [-0.15, -0.1) is 0 Å². The van der Waals surface area contributed by atoms with Crippen molar-refractivity contribution in [3.8, 4) is 0 Å². The Morgan fingerprint density at radius 2 is 2.16 bits per heavy atom. The standard InChI is InChI=1S/C13H20N4O2/c1-8-5-17(6-9(2)19-8)13(18)11-3-10-12(4-14-11)16-7-15-10/h7-9,11,14H,3-6H2,1-2H3,(H,15,16). The molecule has 1 aromatic heterocycles. The first-order valence-electron chi connectivity index (χ1n) is 6.82. The fourth-order valence-electron chi connectivity index (χ4n) is 2.92. The van der Waals surface area contributed by atoms with E-state index in [-0.39, 0.29) is 24.2 Å². The largest absolute Gasteiger partial charge is 0.372 e. The van der Waals surface area contributed by atoms with Crippen LogP contribution in [0.4, 0.5) is 0 Å². The van der Waals surface area contributed by atoms with Gasteiger partial charge in [-0.3, -0.25) is 10.1 Å². The van der Waals surface area contributed by atoms with Gasteiger partial charge in [-0.1, -0.05) is 0 Å². The molecule has 6 heteroatoms. The summed E-state index contributed by atoms with van der Waals surface area (Å²) in [6.45, 7) is 6.05. The number of nitrogens with zero attached hydrogens (tertiary/aromatic N) is 2. The minimum atomic E-state index is -0.159. The second-order valence-corrected chi connectivity index (χ2v) is 5.47. The van der Waals surface area contributed by atoms with Crippen molar-refractivity contribution in [1.82, 2.24) is 20.2 Å². The molecular formula is C13H20N4O2. The summed E-state index contributed by atoms with van der Waals surface area (Å²) in [5.41, 5.74) is 2.10. The molecule has 1 saturated heterocycles. The molecule has 0 bridgehead atoms. The highest BCUT2D eigenvalue weighted by atomic mass is 16.5. The number of aromatic amines is 1. The lowest BCUT2D eigenvalue weighted by Gasteiger charge is -2.37. The fourth-order valence-corrected chi connectivity index (χ4v) is 2.92. The summed E-state index contributed by atoms with van der Waals surface area (Å²) in [5.74, 6) is 0.163. The summed E-state index contributed by atoms with van der Waals surface area (Å²) in [6.07, 6.45) is 2.57. The predicted octanol–water partition coefficient (Wildman–Crippen LogP) is 0.0598. The molecule has 3 rings (SSSR count). The molecule has 1 aromatic rings. The molecule has 0 aliphatic carbocycles. The van der Waals surface area contributed by atoms with E-state index in [1.165, 1.54) is 0 Å². The van der Waals surface area contributed by atoms with Gasteiger partial charge in [0.05, 0.1) is 36.0 Å². The molecule has 0 aromatic carbocycles. The van der Waals surface area contributed by atoms with E-state index in [0.717, 1.165) is 11.4 Å². The van der Waals surface area contributed by atoms with Crippen LogP contribution in [0.3, 0.4) is 0 Å². The molecule has 0 spiro atoms. The maximum atomic E-state index is 12.5. The number of aromatic nitrogens is 2. The number of H-pyrrole nitrogens is 1. The Morgan fingerprint density at radius 3 is 2.89 bits per heavy atom. The first-order valence-corrected chi connectivity index (χ1v) is 6.82. The molecule has 1 amide bonds. The summed E-state index contributed by atoms with van der Waals surface area (Å²) in [4.78, 5) is 21.8. The van der Waals surface area contributed by atoms with Gasteiger partial charge >= 0.3 is 0 Å². The number of imidazole rings is 1. The van der Waals surface area contributed by atoms with Crippen molar-refractivity contribution in [1.29, 1.82) is 0 Å². The average molecular weight is 264 g/mol. The van der Waals surface area contributed by atoms with Crippen LogP contribution in [-0.4, -0.2) is 52.1 Å². The summed E-state index contributed by atoms with van der Waals surface area (Å²) in [6, 6.07) is -0.159. The number of hydrogen-bond donors (Lipinski definition) is 2. The minimum absolute atomic E-state index is 0.109. The first kappa shape index (κ1) is 12.6. The van der Waals surface area contributed by atoms with E-state index in [9.17, 15) is 4.79 Å². The Morgan fingerprint density at radius 1 is 1.42 bits per heavy atom. The van der Waals surface area contributed by atoms with Gasteiger partial charge in [0, 0.05) is 26.1 Å². The molecule has 19 heavy (non-hydrogen) atoms. The molecule has 2 aliphatic rings. The average Bonchev–Trinajstić information content (AvgIpc) is 2.83. The zero-order valence-electron chi connectivity index (χ0n) is 11.3. The van der Waals surface area contributed by atoms with Crippen molar-refractivity contribution in [2.24, 2.45) is 0 Å². The van der Waals surface area contributed by atoms with Crippen LogP contribution in [0.25, 0.3) is 0 Å². The molecule has 3 atom stereocenters. The van der Waals surface area contributed by atoms with E-state index >= 15 is 0 Å². The molecule has 3 heterocycles. The zero-order valence-corrected chi connectivity index (χ0v) is 11.3. The molecule has 104 valence electrons. The summed E-state index contributed by atoms with van der Waals surface area (Å²) in [5, 5.41) is 3.28. The quantitative estimate of drug-likeness (QED) is 0.752. The summed E-state index contributed by atoms with van der Waals surface area (Å²) < 4.78 is 5.67. The number of fused-ring (bicyclic) bond motifs is 1. The maximum Gasteiger partial charge on any atom is 0.240 e. The minimum Gasteiger partial charge on any atom is -0.372 e. The van der Waals surface area contributed by atoms with Crippen LogP contribution in [0.15, 0.2) is 6.33 Å². The van der Waals surface area contributed by atoms with Gasteiger partial charge in [-0.2, -0.15) is 0 Å². The molecular weight excluding hydrogens is 244 g/mol. The van der Waals surface area contributed by atoms with E-state index in [2.05, 4.69) is 15.3 Å². The van der Waals surface area contributed by atoms with Crippen molar-refractivity contribution >= 4 is 5.91 Å². The predicted molar refractivity (Wildman–Crippen MR) is 69.5 cm³/mol. The summed E-state index contributed by atoms with van der Waals surface area (Å²) >= 11 is 0. The van der Waals surface area contributed by atoms with Gasteiger partial charge in [0.25, 0.3) is 0 Å². The van der Waals surface area contributed by atoms with Crippen LogP contribution >= 0.6 is 0 Å². The highest BCUT2D eigenvalue weighted by Gasteiger charge is 2.33. The van der Waals surface area contributed by atoms with Crippen molar-refractivity contribution in [2.45, 2.75) is 45.1 Å². The Kier molecular flexibility index (Phi) is 3.28. The van der Waals surface area contributed by atoms with Crippen molar-refractivity contribution < 1.29 is 9.53 Å². The SMILES string of the molecule is CC1CN(C(=O)C2Cc3nc[nH]c3CN2)CC(C)O1. The monoisotopic (exact) mass is 264 g/mol. The van der Waals surface area contributed by atoms with Gasteiger partial charge < -0.3 is 14.6 Å². The van der Waals surface area contributed by atoms with Crippen molar-refractivity contribution in [2.75, 3.05) is 13.1 Å². The van der Waals surface area contributed by atoms with Crippen LogP contribution < -0.4 is 5.32 Å². The molecule has 0 saturated carbocycles. The number of ether oxygens (including phenoxy) is 1. The smallest absolute Gasteiger partial charge is 0.240 e. The van der Waals surface area contributed by atoms with E-state index in [0.29, 0.717) is 26.1 Å². The molecule has 3 unspecified atom stereocenters. The molecule has 2 aliphatic heterocycles. The number of hydrogen-bond acceptors (Lipinski definition) is 4. The molecule has 0 radical (unpaired) electrons. The fraction of sp³-hybridized carbons (Fsp3) is 0.692. The Bertz CT molecular complexity index is 463. The number of morpholine rings is 1. The second-order valence-electron chi connectivity index (χ2n) is 5.47. The van der Waals surface area contributed by atoms with Crippen molar-refractivity contribution in [3.05, 3.63) is 17.7 Å². The first-order chi connectivity index (χ1) is 9.13. The topological polar surface area (TPSA) is 70.2 Å². The maximum absolute atomic E-state index is 12.5. The van der Waals surface area contributed by atoms with Gasteiger partial charge in [-0.05, 0) is 13.8 Å². The third kappa shape index (κ3) is 2.50. The van der Waals surface area contributed by atoms with Crippen LogP contribution in [0.5, 0.6) is 0 Å². The number of rotatable bonds is 1. The highest BCUT2D eigenvalue weighted by Crippen LogP contribution is 2.17. The van der Waals surface area contributed by atoms with Crippen LogP contribution in [-0.2, 0) is 22.5 Å². The zero-order chi connectivity index (χ0) is 13.4. The van der Waals surface area contributed by atoms with Crippen LogP contribution in [0.1, 0.15) is 25.2 Å². The third-order valence-electron chi connectivity index (χ3n) is 3.76. The van der Waals surface area contributed by atoms with E-state index in [1.54, 1.807) is 6.33 Å². The lowest BCUT2D eigenvalue weighted by atomic mass is 10.0. The number of nitrogens with one attached hydrogen (secondary N) is 2. The Hall–Kier alpha value is -1.40. The van der Waals surface area contributed by atoms with E-state index < -0.39 is 0 Å². The van der Waals surface area contributed by atoms with Crippen LogP contribution in [0, 0.1) is 0 Å².